The molecule has 1 atom stereocenters. The van der Waals surface area contributed by atoms with Crippen LogP contribution in [0.2, 0.25) is 5.02 Å². The molecule has 0 bridgehead atoms. The first kappa shape index (κ1) is 12.2. The van der Waals surface area contributed by atoms with E-state index in [1.165, 1.54) is 12.1 Å². The predicted octanol–water partition coefficient (Wildman–Crippen LogP) is 3.49. The van der Waals surface area contributed by atoms with Crippen LogP contribution in [0.3, 0.4) is 0 Å². The fourth-order valence-electron chi connectivity index (χ4n) is 1.38. The Kier molecular flexibility index (Phi) is 4.28. The standard InChI is InChI=1S/C12H14ClFO/c1-8(2)10(7-15)5-9-3-4-11(13)12(14)6-9/h3-4,6-8,10H,5H2,1-2H3. The first-order chi connectivity index (χ1) is 7.04. The van der Waals surface area contributed by atoms with Crippen LogP contribution in [-0.2, 0) is 11.2 Å². The highest BCUT2D eigenvalue weighted by Crippen LogP contribution is 2.20. The van der Waals surface area contributed by atoms with Crippen molar-refractivity contribution < 1.29 is 9.18 Å². The summed E-state index contributed by atoms with van der Waals surface area (Å²) in [5.41, 5.74) is 0.808. The van der Waals surface area contributed by atoms with Crippen molar-refractivity contribution in [1.82, 2.24) is 0 Å². The van der Waals surface area contributed by atoms with Crippen LogP contribution in [-0.4, -0.2) is 6.29 Å². The van der Waals surface area contributed by atoms with E-state index in [0.29, 0.717) is 6.42 Å². The highest BCUT2D eigenvalue weighted by Gasteiger charge is 2.13. The summed E-state index contributed by atoms with van der Waals surface area (Å²) in [6, 6.07) is 4.67. The van der Waals surface area contributed by atoms with Gasteiger partial charge < -0.3 is 4.79 Å². The molecule has 0 aliphatic carbocycles. The minimum absolute atomic E-state index is 0.0643. The van der Waals surface area contributed by atoms with E-state index in [0.717, 1.165) is 11.8 Å². The van der Waals surface area contributed by atoms with Gasteiger partial charge in [0.1, 0.15) is 12.1 Å². The highest BCUT2D eigenvalue weighted by molar-refractivity contribution is 6.30. The molecule has 0 aliphatic heterocycles. The molecule has 1 aromatic carbocycles. The SMILES string of the molecule is CC(C)C(C=O)Cc1ccc(Cl)c(F)c1. The van der Waals surface area contributed by atoms with E-state index in [1.54, 1.807) is 6.07 Å². The Morgan fingerprint density at radius 3 is 2.60 bits per heavy atom. The quantitative estimate of drug-likeness (QED) is 0.721. The summed E-state index contributed by atoms with van der Waals surface area (Å²) in [7, 11) is 0. The Hall–Kier alpha value is -0.890. The van der Waals surface area contributed by atoms with Gasteiger partial charge in [0, 0.05) is 5.92 Å². The molecule has 1 aromatic rings. The molecule has 0 N–H and O–H groups in total. The van der Waals surface area contributed by atoms with Gasteiger partial charge in [-0.25, -0.2) is 4.39 Å². The van der Waals surface area contributed by atoms with Crippen LogP contribution in [0.5, 0.6) is 0 Å². The molecule has 82 valence electrons. The summed E-state index contributed by atoms with van der Waals surface area (Å²) in [4.78, 5) is 10.8. The van der Waals surface area contributed by atoms with Crippen molar-refractivity contribution in [3.05, 3.63) is 34.6 Å². The molecule has 3 heteroatoms. The monoisotopic (exact) mass is 228 g/mol. The number of benzene rings is 1. The molecular formula is C12H14ClFO. The molecule has 0 fully saturated rings. The molecule has 0 aliphatic rings. The van der Waals surface area contributed by atoms with Crippen molar-refractivity contribution in [1.29, 1.82) is 0 Å². The lowest BCUT2D eigenvalue weighted by atomic mass is 9.90. The van der Waals surface area contributed by atoms with Gasteiger partial charge in [0.15, 0.2) is 0 Å². The molecule has 1 nitrogen and oxygen atoms in total. The Morgan fingerprint density at radius 1 is 1.47 bits per heavy atom. The lowest BCUT2D eigenvalue weighted by Gasteiger charge is -2.14. The zero-order valence-corrected chi connectivity index (χ0v) is 9.59. The third kappa shape index (κ3) is 3.31. The van der Waals surface area contributed by atoms with E-state index in [2.05, 4.69) is 0 Å². The Balaban J connectivity index is 2.80. The molecule has 0 saturated carbocycles. The Morgan fingerprint density at radius 2 is 2.13 bits per heavy atom. The van der Waals surface area contributed by atoms with E-state index in [1.807, 2.05) is 13.8 Å². The Bertz CT molecular complexity index is 349. The number of hydrogen-bond acceptors (Lipinski definition) is 1. The lowest BCUT2D eigenvalue weighted by molar-refractivity contribution is -0.112. The second kappa shape index (κ2) is 5.26. The maximum atomic E-state index is 13.1. The van der Waals surface area contributed by atoms with Crippen LogP contribution in [0.25, 0.3) is 0 Å². The number of carbonyl (C=O) groups excluding carboxylic acids is 1. The van der Waals surface area contributed by atoms with E-state index in [4.69, 9.17) is 11.6 Å². The first-order valence-corrected chi connectivity index (χ1v) is 5.31. The average Bonchev–Trinajstić information content (AvgIpc) is 2.19. The summed E-state index contributed by atoms with van der Waals surface area (Å²) in [5.74, 6) is -0.227. The highest BCUT2D eigenvalue weighted by atomic mass is 35.5. The van der Waals surface area contributed by atoms with Crippen LogP contribution >= 0.6 is 11.6 Å². The maximum absolute atomic E-state index is 13.1. The molecule has 1 rings (SSSR count). The summed E-state index contributed by atoms with van der Waals surface area (Å²) < 4.78 is 13.1. The fraction of sp³-hybridized carbons (Fsp3) is 0.417. The molecule has 0 radical (unpaired) electrons. The van der Waals surface area contributed by atoms with Crippen molar-refractivity contribution in [2.45, 2.75) is 20.3 Å². The van der Waals surface area contributed by atoms with Crippen molar-refractivity contribution >= 4 is 17.9 Å². The normalized spacial score (nSPS) is 12.9. The fourth-order valence-corrected chi connectivity index (χ4v) is 1.50. The second-order valence-electron chi connectivity index (χ2n) is 4.00. The zero-order valence-electron chi connectivity index (χ0n) is 8.84. The average molecular weight is 229 g/mol. The first-order valence-electron chi connectivity index (χ1n) is 4.93. The van der Waals surface area contributed by atoms with Crippen molar-refractivity contribution in [2.75, 3.05) is 0 Å². The Labute approximate surface area is 94.3 Å². The number of carbonyl (C=O) groups is 1. The molecule has 0 spiro atoms. The van der Waals surface area contributed by atoms with Gasteiger partial charge in [0.25, 0.3) is 0 Å². The molecule has 1 unspecified atom stereocenters. The molecule has 0 amide bonds. The largest absolute Gasteiger partial charge is 0.303 e. The summed E-state index contributed by atoms with van der Waals surface area (Å²) in [6.07, 6.45) is 1.49. The number of aldehydes is 1. The zero-order chi connectivity index (χ0) is 11.4. The third-order valence-electron chi connectivity index (χ3n) is 2.49. The summed E-state index contributed by atoms with van der Waals surface area (Å²) in [5, 5.41) is 0.117. The van der Waals surface area contributed by atoms with Gasteiger partial charge >= 0.3 is 0 Å². The van der Waals surface area contributed by atoms with Crippen LogP contribution < -0.4 is 0 Å². The van der Waals surface area contributed by atoms with Gasteiger partial charge in [-0.05, 0) is 30.0 Å². The van der Waals surface area contributed by atoms with Crippen molar-refractivity contribution in [3.63, 3.8) is 0 Å². The van der Waals surface area contributed by atoms with Crippen LogP contribution in [0.4, 0.5) is 4.39 Å². The molecule has 0 aromatic heterocycles. The van der Waals surface area contributed by atoms with Crippen LogP contribution in [0.15, 0.2) is 18.2 Å². The summed E-state index contributed by atoms with van der Waals surface area (Å²) in [6.45, 7) is 3.96. The van der Waals surface area contributed by atoms with E-state index in [9.17, 15) is 9.18 Å². The van der Waals surface area contributed by atoms with Gasteiger partial charge in [-0.2, -0.15) is 0 Å². The lowest BCUT2D eigenvalue weighted by Crippen LogP contribution is -2.13. The second-order valence-corrected chi connectivity index (χ2v) is 4.40. The smallest absolute Gasteiger partial charge is 0.142 e. The van der Waals surface area contributed by atoms with E-state index in [-0.39, 0.29) is 16.9 Å². The van der Waals surface area contributed by atoms with Gasteiger partial charge in [0.05, 0.1) is 5.02 Å². The molecule has 0 heterocycles. The van der Waals surface area contributed by atoms with Crippen molar-refractivity contribution in [3.8, 4) is 0 Å². The number of halogens is 2. The maximum Gasteiger partial charge on any atom is 0.142 e. The minimum Gasteiger partial charge on any atom is -0.303 e. The topological polar surface area (TPSA) is 17.1 Å². The number of rotatable bonds is 4. The van der Waals surface area contributed by atoms with Crippen LogP contribution in [0.1, 0.15) is 19.4 Å². The van der Waals surface area contributed by atoms with E-state index < -0.39 is 5.82 Å². The van der Waals surface area contributed by atoms with Gasteiger partial charge in [0.2, 0.25) is 0 Å². The number of hydrogen-bond donors (Lipinski definition) is 0. The van der Waals surface area contributed by atoms with Gasteiger partial charge in [-0.1, -0.05) is 31.5 Å². The minimum atomic E-state index is -0.428. The third-order valence-corrected chi connectivity index (χ3v) is 2.79. The van der Waals surface area contributed by atoms with Crippen molar-refractivity contribution in [2.24, 2.45) is 11.8 Å². The molecule has 0 saturated heterocycles. The van der Waals surface area contributed by atoms with E-state index >= 15 is 0 Å². The van der Waals surface area contributed by atoms with Crippen LogP contribution in [0, 0.1) is 17.7 Å². The predicted molar refractivity (Wildman–Crippen MR) is 59.5 cm³/mol. The molecule has 15 heavy (non-hydrogen) atoms. The van der Waals surface area contributed by atoms with Gasteiger partial charge in [-0.3, -0.25) is 0 Å². The van der Waals surface area contributed by atoms with Gasteiger partial charge in [-0.15, -0.1) is 0 Å². The summed E-state index contributed by atoms with van der Waals surface area (Å²) >= 11 is 5.57. The molecular weight excluding hydrogens is 215 g/mol.